The Kier molecular flexibility index (Phi) is 3.01. The van der Waals surface area contributed by atoms with E-state index in [9.17, 15) is 9.50 Å². The van der Waals surface area contributed by atoms with Crippen molar-refractivity contribution in [3.8, 4) is 0 Å². The molecule has 0 aliphatic rings. The Labute approximate surface area is 77.2 Å². The summed E-state index contributed by atoms with van der Waals surface area (Å²) in [5.41, 5.74) is 6.85. The van der Waals surface area contributed by atoms with E-state index >= 15 is 0 Å². The first-order chi connectivity index (χ1) is 6.02. The second kappa shape index (κ2) is 3.85. The summed E-state index contributed by atoms with van der Waals surface area (Å²) in [7, 11) is 0. The Morgan fingerprint density at radius 3 is 2.54 bits per heavy atom. The minimum Gasteiger partial charge on any atom is -0.391 e. The van der Waals surface area contributed by atoms with Gasteiger partial charge in [0, 0.05) is 0 Å². The molecule has 1 rings (SSSR count). The van der Waals surface area contributed by atoms with E-state index in [0.29, 0.717) is 11.1 Å². The molecule has 0 heterocycles. The lowest BCUT2D eigenvalue weighted by Crippen LogP contribution is -2.23. The lowest BCUT2D eigenvalue weighted by molar-refractivity contribution is 0.164. The van der Waals surface area contributed by atoms with E-state index < -0.39 is 12.1 Å². The summed E-state index contributed by atoms with van der Waals surface area (Å²) in [6, 6.07) is 4.24. The van der Waals surface area contributed by atoms with Crippen LogP contribution in [0.2, 0.25) is 0 Å². The van der Waals surface area contributed by atoms with Crippen molar-refractivity contribution < 1.29 is 9.50 Å². The molecule has 0 saturated heterocycles. The number of nitrogens with two attached hydrogens (primary N) is 1. The average Bonchev–Trinajstić information content (AvgIpc) is 2.08. The topological polar surface area (TPSA) is 46.2 Å². The molecule has 0 radical (unpaired) electrons. The molecule has 0 aromatic heterocycles. The molecule has 72 valence electrons. The summed E-state index contributed by atoms with van der Waals surface area (Å²) < 4.78 is 13.1. The molecular weight excluding hydrogens is 169 g/mol. The fourth-order valence-corrected chi connectivity index (χ4v) is 1.09. The van der Waals surface area contributed by atoms with Gasteiger partial charge in [0.2, 0.25) is 0 Å². The van der Waals surface area contributed by atoms with Gasteiger partial charge in [-0.15, -0.1) is 0 Å². The fraction of sp³-hybridized carbons (Fsp3) is 0.400. The van der Waals surface area contributed by atoms with Crippen LogP contribution >= 0.6 is 0 Å². The Balaban J connectivity index is 2.97. The van der Waals surface area contributed by atoms with Gasteiger partial charge in [-0.3, -0.25) is 0 Å². The van der Waals surface area contributed by atoms with Gasteiger partial charge in [-0.1, -0.05) is 12.1 Å². The van der Waals surface area contributed by atoms with Crippen LogP contribution in [0.1, 0.15) is 24.1 Å². The highest BCUT2D eigenvalue weighted by Gasteiger charge is 2.12. The second-order valence-electron chi connectivity index (χ2n) is 3.28. The van der Waals surface area contributed by atoms with Gasteiger partial charge >= 0.3 is 0 Å². The van der Waals surface area contributed by atoms with Gasteiger partial charge in [0.1, 0.15) is 5.82 Å². The second-order valence-corrected chi connectivity index (χ2v) is 3.28. The predicted octanol–water partition coefficient (Wildman–Crippen LogP) is 1.51. The van der Waals surface area contributed by atoms with Crippen molar-refractivity contribution in [1.29, 1.82) is 0 Å². The molecule has 1 aromatic rings. The van der Waals surface area contributed by atoms with Crippen molar-refractivity contribution in [2.75, 3.05) is 0 Å². The molecule has 3 heteroatoms. The van der Waals surface area contributed by atoms with Gasteiger partial charge < -0.3 is 10.8 Å². The largest absolute Gasteiger partial charge is 0.391 e. The number of hydrogen-bond acceptors (Lipinski definition) is 2. The quantitative estimate of drug-likeness (QED) is 0.730. The lowest BCUT2D eigenvalue weighted by atomic mass is 10.0. The number of halogens is 1. The van der Waals surface area contributed by atoms with Gasteiger partial charge in [-0.2, -0.15) is 0 Å². The predicted molar refractivity (Wildman–Crippen MR) is 49.7 cm³/mol. The van der Waals surface area contributed by atoms with Gasteiger partial charge in [-0.25, -0.2) is 4.39 Å². The first kappa shape index (κ1) is 10.2. The van der Waals surface area contributed by atoms with E-state index in [1.165, 1.54) is 6.07 Å². The first-order valence-corrected chi connectivity index (χ1v) is 4.22. The van der Waals surface area contributed by atoms with Gasteiger partial charge in [0.15, 0.2) is 0 Å². The van der Waals surface area contributed by atoms with Crippen LogP contribution < -0.4 is 5.73 Å². The molecule has 0 bridgehead atoms. The zero-order chi connectivity index (χ0) is 10.0. The smallest absolute Gasteiger partial charge is 0.126 e. The SMILES string of the molecule is Cc1ccc(C(N)C(C)O)cc1F. The summed E-state index contributed by atoms with van der Waals surface area (Å²) in [5, 5.41) is 9.19. The van der Waals surface area contributed by atoms with Crippen molar-refractivity contribution in [3.05, 3.63) is 35.1 Å². The lowest BCUT2D eigenvalue weighted by Gasteiger charge is -2.15. The number of rotatable bonds is 2. The molecule has 3 N–H and O–H groups in total. The molecule has 13 heavy (non-hydrogen) atoms. The average molecular weight is 183 g/mol. The summed E-state index contributed by atoms with van der Waals surface area (Å²) in [5.74, 6) is -0.284. The highest BCUT2D eigenvalue weighted by molar-refractivity contribution is 5.26. The third kappa shape index (κ3) is 2.26. The maximum absolute atomic E-state index is 13.1. The van der Waals surface area contributed by atoms with Crippen molar-refractivity contribution in [2.45, 2.75) is 26.0 Å². The fourth-order valence-electron chi connectivity index (χ4n) is 1.09. The number of aliphatic hydroxyl groups excluding tert-OH is 1. The van der Waals surface area contributed by atoms with E-state index in [-0.39, 0.29) is 5.82 Å². The third-order valence-electron chi connectivity index (χ3n) is 2.10. The van der Waals surface area contributed by atoms with E-state index in [2.05, 4.69) is 0 Å². The Morgan fingerprint density at radius 2 is 2.08 bits per heavy atom. The molecular formula is C10H14FNO. The third-order valence-corrected chi connectivity index (χ3v) is 2.10. The highest BCUT2D eigenvalue weighted by Crippen LogP contribution is 2.17. The molecule has 0 amide bonds. The van der Waals surface area contributed by atoms with Gasteiger partial charge in [-0.05, 0) is 31.0 Å². The van der Waals surface area contributed by atoms with Crippen LogP contribution in [0, 0.1) is 12.7 Å². The molecule has 2 atom stereocenters. The number of aryl methyl sites for hydroxylation is 1. The normalized spacial score (nSPS) is 15.5. The van der Waals surface area contributed by atoms with Crippen LogP contribution in [0.15, 0.2) is 18.2 Å². The maximum atomic E-state index is 13.1. The number of benzene rings is 1. The van der Waals surface area contributed by atoms with Crippen molar-refractivity contribution in [3.63, 3.8) is 0 Å². The van der Waals surface area contributed by atoms with E-state index in [0.717, 1.165) is 0 Å². The van der Waals surface area contributed by atoms with Crippen LogP contribution in [0.4, 0.5) is 4.39 Å². The molecule has 0 spiro atoms. The molecule has 0 aliphatic heterocycles. The van der Waals surface area contributed by atoms with E-state index in [1.54, 1.807) is 26.0 Å². The number of hydrogen-bond donors (Lipinski definition) is 2. The standard InChI is InChI=1S/C10H14FNO/c1-6-3-4-8(5-9(6)11)10(12)7(2)13/h3-5,7,10,13H,12H2,1-2H3. The highest BCUT2D eigenvalue weighted by atomic mass is 19.1. The van der Waals surface area contributed by atoms with Crippen molar-refractivity contribution >= 4 is 0 Å². The molecule has 0 saturated carbocycles. The zero-order valence-corrected chi connectivity index (χ0v) is 7.79. The van der Waals surface area contributed by atoms with Crippen LogP contribution in [-0.4, -0.2) is 11.2 Å². The summed E-state index contributed by atoms with van der Waals surface area (Å²) in [6.07, 6.45) is -0.665. The molecule has 1 aromatic carbocycles. The van der Waals surface area contributed by atoms with E-state index in [4.69, 9.17) is 5.73 Å². The zero-order valence-electron chi connectivity index (χ0n) is 7.79. The van der Waals surface area contributed by atoms with Crippen molar-refractivity contribution in [2.24, 2.45) is 5.73 Å². The Morgan fingerprint density at radius 1 is 1.46 bits per heavy atom. The Hall–Kier alpha value is -0.930. The van der Waals surface area contributed by atoms with Crippen LogP contribution in [0.25, 0.3) is 0 Å². The molecule has 2 nitrogen and oxygen atoms in total. The summed E-state index contributed by atoms with van der Waals surface area (Å²) >= 11 is 0. The van der Waals surface area contributed by atoms with Crippen LogP contribution in [0.5, 0.6) is 0 Å². The van der Waals surface area contributed by atoms with Gasteiger partial charge in [0.25, 0.3) is 0 Å². The van der Waals surface area contributed by atoms with Crippen LogP contribution in [-0.2, 0) is 0 Å². The maximum Gasteiger partial charge on any atom is 0.126 e. The molecule has 0 aliphatic carbocycles. The van der Waals surface area contributed by atoms with Gasteiger partial charge in [0.05, 0.1) is 12.1 Å². The van der Waals surface area contributed by atoms with Crippen LogP contribution in [0.3, 0.4) is 0 Å². The first-order valence-electron chi connectivity index (χ1n) is 4.22. The minimum atomic E-state index is -0.665. The van der Waals surface area contributed by atoms with E-state index in [1.807, 2.05) is 0 Å². The summed E-state index contributed by atoms with van der Waals surface area (Å²) in [6.45, 7) is 3.27. The monoisotopic (exact) mass is 183 g/mol. The van der Waals surface area contributed by atoms with Crippen molar-refractivity contribution in [1.82, 2.24) is 0 Å². The molecule has 2 unspecified atom stereocenters. The number of aliphatic hydroxyl groups is 1. The minimum absolute atomic E-state index is 0.284. The Bertz CT molecular complexity index is 299. The molecule has 0 fully saturated rings. The summed E-state index contributed by atoms with van der Waals surface area (Å²) in [4.78, 5) is 0.